The average molecular weight is 337 g/mol. The summed E-state index contributed by atoms with van der Waals surface area (Å²) in [7, 11) is 0. The molecule has 0 radical (unpaired) electrons. The Morgan fingerprint density at radius 2 is 2.08 bits per heavy atom. The second-order valence-corrected chi connectivity index (χ2v) is 6.76. The fraction of sp³-hybridized carbons (Fsp3) is 0.167. The molecule has 1 aliphatic carbocycles. The molecule has 0 atom stereocenters. The fourth-order valence-electron chi connectivity index (χ4n) is 2.95. The van der Waals surface area contributed by atoms with Crippen LogP contribution < -0.4 is 10.7 Å². The molecular weight excluding hydrogens is 322 g/mol. The van der Waals surface area contributed by atoms with Crippen molar-refractivity contribution in [3.63, 3.8) is 0 Å². The molecule has 0 fully saturated rings. The Labute approximate surface area is 142 Å². The van der Waals surface area contributed by atoms with Gasteiger partial charge in [-0.05, 0) is 24.8 Å². The molecule has 6 heteroatoms. The first-order chi connectivity index (χ1) is 11.7. The number of hydrogen-bond donors (Lipinski definition) is 2. The second kappa shape index (κ2) is 6.05. The summed E-state index contributed by atoms with van der Waals surface area (Å²) in [6.07, 6.45) is 5.97. The van der Waals surface area contributed by atoms with Gasteiger partial charge in [-0.15, -0.1) is 11.3 Å². The molecule has 0 unspecified atom stereocenters. The number of carbonyl (C=O) groups is 1. The summed E-state index contributed by atoms with van der Waals surface area (Å²) in [6, 6.07) is 9.59. The van der Waals surface area contributed by atoms with Crippen LogP contribution in [0.4, 0.5) is 5.13 Å². The molecule has 2 heterocycles. The Bertz CT molecular complexity index is 974. The number of benzene rings is 1. The van der Waals surface area contributed by atoms with Crippen LogP contribution in [0.3, 0.4) is 0 Å². The summed E-state index contributed by atoms with van der Waals surface area (Å²) >= 11 is 1.49. The van der Waals surface area contributed by atoms with Crippen molar-refractivity contribution in [3.8, 4) is 11.3 Å². The molecule has 120 valence electrons. The van der Waals surface area contributed by atoms with Gasteiger partial charge in [-0.25, -0.2) is 4.98 Å². The minimum absolute atomic E-state index is 0.0864. The van der Waals surface area contributed by atoms with Crippen LogP contribution >= 0.6 is 11.3 Å². The van der Waals surface area contributed by atoms with Gasteiger partial charge in [0.25, 0.3) is 5.91 Å². The molecule has 1 aliphatic rings. The number of anilines is 1. The Morgan fingerprint density at radius 3 is 2.96 bits per heavy atom. The van der Waals surface area contributed by atoms with E-state index in [2.05, 4.69) is 27.4 Å². The van der Waals surface area contributed by atoms with E-state index in [0.717, 1.165) is 30.5 Å². The Balaban J connectivity index is 1.68. The lowest BCUT2D eigenvalue weighted by atomic mass is 10.0. The summed E-state index contributed by atoms with van der Waals surface area (Å²) in [5, 5.41) is 3.29. The van der Waals surface area contributed by atoms with Gasteiger partial charge in [-0.1, -0.05) is 24.3 Å². The van der Waals surface area contributed by atoms with Crippen molar-refractivity contribution in [2.45, 2.75) is 19.3 Å². The zero-order valence-corrected chi connectivity index (χ0v) is 13.7. The van der Waals surface area contributed by atoms with Crippen LogP contribution in [-0.4, -0.2) is 15.9 Å². The summed E-state index contributed by atoms with van der Waals surface area (Å²) in [5.41, 5.74) is 3.15. The van der Waals surface area contributed by atoms with E-state index < -0.39 is 5.91 Å². The number of aryl methyl sites for hydroxylation is 2. The van der Waals surface area contributed by atoms with Crippen molar-refractivity contribution < 1.29 is 4.79 Å². The van der Waals surface area contributed by atoms with Gasteiger partial charge in [0.1, 0.15) is 5.56 Å². The Hall–Kier alpha value is -2.73. The molecule has 1 aromatic carbocycles. The highest BCUT2D eigenvalue weighted by atomic mass is 32.1. The highest BCUT2D eigenvalue weighted by Gasteiger charge is 2.20. The number of carbonyl (C=O) groups excluding carboxylic acids is 1. The van der Waals surface area contributed by atoms with Crippen LogP contribution in [0.15, 0.2) is 47.5 Å². The van der Waals surface area contributed by atoms with Crippen LogP contribution in [0.1, 0.15) is 27.2 Å². The maximum Gasteiger partial charge on any atom is 0.262 e. The van der Waals surface area contributed by atoms with Crippen LogP contribution in [-0.2, 0) is 12.8 Å². The third-order valence-electron chi connectivity index (χ3n) is 4.11. The lowest BCUT2D eigenvalue weighted by molar-refractivity contribution is 0.102. The van der Waals surface area contributed by atoms with Crippen molar-refractivity contribution in [2.75, 3.05) is 5.32 Å². The largest absolute Gasteiger partial charge is 0.367 e. The molecule has 0 aliphatic heterocycles. The molecule has 5 nitrogen and oxygen atoms in total. The number of thiazole rings is 1. The van der Waals surface area contributed by atoms with Crippen molar-refractivity contribution >= 4 is 22.4 Å². The molecule has 24 heavy (non-hydrogen) atoms. The van der Waals surface area contributed by atoms with Gasteiger partial charge in [0.05, 0.1) is 5.69 Å². The monoisotopic (exact) mass is 337 g/mol. The molecule has 0 spiro atoms. The van der Waals surface area contributed by atoms with E-state index in [0.29, 0.717) is 5.13 Å². The van der Waals surface area contributed by atoms with Crippen molar-refractivity contribution in [2.24, 2.45) is 0 Å². The molecule has 0 saturated carbocycles. The van der Waals surface area contributed by atoms with Gasteiger partial charge in [0.15, 0.2) is 10.6 Å². The minimum atomic E-state index is -0.436. The van der Waals surface area contributed by atoms with Crippen molar-refractivity contribution in [1.82, 2.24) is 9.97 Å². The van der Waals surface area contributed by atoms with E-state index >= 15 is 0 Å². The average Bonchev–Trinajstić information content (AvgIpc) is 2.90. The normalized spacial score (nSPS) is 12.8. The molecule has 2 aromatic heterocycles. The number of amides is 1. The first-order valence-corrected chi connectivity index (χ1v) is 8.60. The first kappa shape index (κ1) is 14.8. The maximum absolute atomic E-state index is 12.3. The highest BCUT2D eigenvalue weighted by Crippen LogP contribution is 2.37. The zero-order chi connectivity index (χ0) is 16.5. The van der Waals surface area contributed by atoms with Gasteiger partial charge in [0, 0.05) is 28.9 Å². The number of aromatic amines is 1. The van der Waals surface area contributed by atoms with Crippen molar-refractivity contribution in [1.29, 1.82) is 0 Å². The van der Waals surface area contributed by atoms with Crippen LogP contribution in [0.25, 0.3) is 11.3 Å². The molecule has 4 rings (SSSR count). The third-order valence-corrected chi connectivity index (χ3v) is 5.14. The van der Waals surface area contributed by atoms with Gasteiger partial charge in [-0.2, -0.15) is 0 Å². The van der Waals surface area contributed by atoms with E-state index in [9.17, 15) is 9.59 Å². The SMILES string of the molecule is O=C(Nc1nc2c(s1)CCCc1ccccc1-2)c1c[nH]ccc1=O. The number of nitrogens with zero attached hydrogens (tertiary/aromatic N) is 1. The topological polar surface area (TPSA) is 74.8 Å². The second-order valence-electron chi connectivity index (χ2n) is 5.68. The van der Waals surface area contributed by atoms with Crippen LogP contribution in [0.5, 0.6) is 0 Å². The Morgan fingerprint density at radius 1 is 1.21 bits per heavy atom. The summed E-state index contributed by atoms with van der Waals surface area (Å²) in [4.78, 5) is 32.6. The lowest BCUT2D eigenvalue weighted by Gasteiger charge is -2.04. The molecule has 2 N–H and O–H groups in total. The highest BCUT2D eigenvalue weighted by molar-refractivity contribution is 7.16. The number of pyridine rings is 1. The van der Waals surface area contributed by atoms with Gasteiger partial charge >= 0.3 is 0 Å². The predicted octanol–water partition coefficient (Wildman–Crippen LogP) is 3.24. The molecule has 0 bridgehead atoms. The standard InChI is InChI=1S/C18H15N3O2S/c22-14-8-9-19-10-13(14)17(23)21-18-20-16-12-6-2-1-4-11(12)5-3-7-15(16)24-18/h1-2,4,6,8-10H,3,5,7H2,(H,19,22)(H,20,21,23). The van der Waals surface area contributed by atoms with E-state index in [1.807, 2.05) is 12.1 Å². The number of H-pyrrole nitrogens is 1. The summed E-state index contributed by atoms with van der Waals surface area (Å²) < 4.78 is 0. The molecule has 1 amide bonds. The summed E-state index contributed by atoms with van der Waals surface area (Å²) in [6.45, 7) is 0. The Kier molecular flexibility index (Phi) is 3.74. The third kappa shape index (κ3) is 2.65. The van der Waals surface area contributed by atoms with Crippen molar-refractivity contribution in [3.05, 3.63) is 69.0 Å². The maximum atomic E-state index is 12.3. The summed E-state index contributed by atoms with van der Waals surface area (Å²) in [5.74, 6) is -0.436. The van der Waals surface area contributed by atoms with Gasteiger partial charge in [0.2, 0.25) is 0 Å². The number of aromatic nitrogens is 2. The predicted molar refractivity (Wildman–Crippen MR) is 94.6 cm³/mol. The smallest absolute Gasteiger partial charge is 0.262 e. The number of fused-ring (bicyclic) bond motifs is 3. The number of hydrogen-bond acceptors (Lipinski definition) is 4. The van der Waals surface area contributed by atoms with Gasteiger partial charge in [-0.3, -0.25) is 14.9 Å². The van der Waals surface area contributed by atoms with E-state index in [4.69, 9.17) is 0 Å². The van der Waals surface area contributed by atoms with E-state index in [-0.39, 0.29) is 11.0 Å². The molecule has 0 saturated heterocycles. The molecular formula is C18H15N3O2S. The fourth-order valence-corrected chi connectivity index (χ4v) is 3.96. The quantitative estimate of drug-likeness (QED) is 0.754. The number of nitrogens with one attached hydrogen (secondary N) is 2. The van der Waals surface area contributed by atoms with Crippen LogP contribution in [0, 0.1) is 0 Å². The number of rotatable bonds is 2. The minimum Gasteiger partial charge on any atom is -0.367 e. The lowest BCUT2D eigenvalue weighted by Crippen LogP contribution is -2.20. The molecule has 3 aromatic rings. The zero-order valence-electron chi connectivity index (χ0n) is 12.8. The van der Waals surface area contributed by atoms with E-state index in [1.54, 1.807) is 0 Å². The van der Waals surface area contributed by atoms with Gasteiger partial charge < -0.3 is 4.98 Å². The first-order valence-electron chi connectivity index (χ1n) is 7.79. The van der Waals surface area contributed by atoms with Crippen LogP contribution in [0.2, 0.25) is 0 Å². The van der Waals surface area contributed by atoms with E-state index in [1.165, 1.54) is 40.2 Å².